The van der Waals surface area contributed by atoms with Gasteiger partial charge in [-0.15, -0.1) is 0 Å². The van der Waals surface area contributed by atoms with Crippen LogP contribution in [0.5, 0.6) is 0 Å². The van der Waals surface area contributed by atoms with Gasteiger partial charge in [0.1, 0.15) is 0 Å². The third-order valence-electron chi connectivity index (χ3n) is 4.83. The van der Waals surface area contributed by atoms with Crippen molar-refractivity contribution in [3.63, 3.8) is 0 Å². The lowest BCUT2D eigenvalue weighted by molar-refractivity contribution is 0.210. The Morgan fingerprint density at radius 1 is 1.42 bits per heavy atom. The minimum atomic E-state index is 0.465. The third kappa shape index (κ3) is 3.19. The Morgan fingerprint density at radius 2 is 2.21 bits per heavy atom. The maximum Gasteiger partial charge on any atom is 0.0625 e. The third-order valence-corrected chi connectivity index (χ3v) is 4.83. The second-order valence-electron chi connectivity index (χ2n) is 6.01. The molecule has 0 radical (unpaired) electrons. The van der Waals surface area contributed by atoms with E-state index in [0.717, 1.165) is 18.3 Å². The van der Waals surface area contributed by atoms with Crippen molar-refractivity contribution >= 4 is 0 Å². The van der Waals surface area contributed by atoms with Crippen LogP contribution in [0.15, 0.2) is 6.07 Å². The van der Waals surface area contributed by atoms with Crippen LogP contribution in [0.4, 0.5) is 0 Å². The molecule has 0 amide bonds. The fourth-order valence-electron chi connectivity index (χ4n) is 3.64. The first-order chi connectivity index (χ1) is 9.19. The number of hydrogen-bond donors (Lipinski definition) is 1. The summed E-state index contributed by atoms with van der Waals surface area (Å²) in [5.74, 6) is 1.69. The van der Waals surface area contributed by atoms with Gasteiger partial charge in [0.2, 0.25) is 0 Å². The van der Waals surface area contributed by atoms with Gasteiger partial charge in [-0.25, -0.2) is 0 Å². The van der Waals surface area contributed by atoms with E-state index in [2.05, 4.69) is 49.1 Å². The molecule has 3 atom stereocenters. The molecule has 1 heterocycles. The van der Waals surface area contributed by atoms with Crippen LogP contribution in [-0.4, -0.2) is 16.8 Å². The molecular formula is C16H29N3. The summed E-state index contributed by atoms with van der Waals surface area (Å²) in [4.78, 5) is 0. The average Bonchev–Trinajstić information content (AvgIpc) is 2.81. The Bertz CT molecular complexity index is 397. The first kappa shape index (κ1) is 14.6. The molecule has 108 valence electrons. The predicted molar refractivity (Wildman–Crippen MR) is 80.1 cm³/mol. The molecule has 3 nitrogen and oxygen atoms in total. The standard InChI is InChI=1S/C16H29N3/c1-5-12-8-7-9-13(10-12)16(17-3)15-11-14(6-2)18-19(15)4/h11-13,16-17H,5-10H2,1-4H3. The Kier molecular flexibility index (Phi) is 5.03. The fraction of sp³-hybridized carbons (Fsp3) is 0.812. The van der Waals surface area contributed by atoms with Crippen LogP contribution in [0.25, 0.3) is 0 Å². The molecule has 0 spiro atoms. The monoisotopic (exact) mass is 263 g/mol. The first-order valence-corrected chi connectivity index (χ1v) is 7.89. The quantitative estimate of drug-likeness (QED) is 0.881. The molecule has 1 aromatic rings. The normalized spacial score (nSPS) is 25.5. The molecule has 3 unspecified atom stereocenters. The highest BCUT2D eigenvalue weighted by molar-refractivity contribution is 5.15. The Morgan fingerprint density at radius 3 is 2.79 bits per heavy atom. The molecule has 0 aromatic carbocycles. The topological polar surface area (TPSA) is 29.9 Å². The summed E-state index contributed by atoms with van der Waals surface area (Å²) in [5.41, 5.74) is 2.57. The number of hydrogen-bond acceptors (Lipinski definition) is 2. The molecule has 1 aliphatic rings. The van der Waals surface area contributed by atoms with Gasteiger partial charge in [0.05, 0.1) is 17.4 Å². The number of rotatable bonds is 5. The van der Waals surface area contributed by atoms with Crippen LogP contribution < -0.4 is 5.32 Å². The van der Waals surface area contributed by atoms with Crippen molar-refractivity contribution in [2.24, 2.45) is 18.9 Å². The smallest absolute Gasteiger partial charge is 0.0625 e. The van der Waals surface area contributed by atoms with E-state index in [1.165, 1.54) is 43.5 Å². The van der Waals surface area contributed by atoms with Gasteiger partial charge in [0.15, 0.2) is 0 Å². The van der Waals surface area contributed by atoms with Gasteiger partial charge in [0, 0.05) is 7.05 Å². The zero-order valence-corrected chi connectivity index (χ0v) is 12.9. The molecule has 1 N–H and O–H groups in total. The Hall–Kier alpha value is -0.830. The molecule has 1 aliphatic carbocycles. The fourth-order valence-corrected chi connectivity index (χ4v) is 3.64. The molecule has 0 aliphatic heterocycles. The number of aromatic nitrogens is 2. The maximum absolute atomic E-state index is 4.61. The van der Waals surface area contributed by atoms with E-state index in [1.54, 1.807) is 0 Å². The zero-order valence-electron chi connectivity index (χ0n) is 12.9. The van der Waals surface area contributed by atoms with Crippen molar-refractivity contribution in [3.05, 3.63) is 17.5 Å². The molecule has 1 saturated carbocycles. The number of aryl methyl sites for hydroxylation is 2. The van der Waals surface area contributed by atoms with Crippen molar-refractivity contribution < 1.29 is 0 Å². The second-order valence-corrected chi connectivity index (χ2v) is 6.01. The SMILES string of the molecule is CCc1cc(C(NC)C2CCCC(CC)C2)n(C)n1. The minimum Gasteiger partial charge on any atom is -0.311 e. The minimum absolute atomic E-state index is 0.465. The van der Waals surface area contributed by atoms with Crippen LogP contribution in [-0.2, 0) is 13.5 Å². The van der Waals surface area contributed by atoms with E-state index in [9.17, 15) is 0 Å². The van der Waals surface area contributed by atoms with Crippen molar-refractivity contribution in [2.75, 3.05) is 7.05 Å². The second kappa shape index (κ2) is 6.56. The highest BCUT2D eigenvalue weighted by Crippen LogP contribution is 2.38. The van der Waals surface area contributed by atoms with Gasteiger partial charge in [-0.2, -0.15) is 5.10 Å². The lowest BCUT2D eigenvalue weighted by Gasteiger charge is -2.34. The van der Waals surface area contributed by atoms with E-state index in [4.69, 9.17) is 0 Å². The van der Waals surface area contributed by atoms with Crippen molar-refractivity contribution in [2.45, 2.75) is 58.4 Å². The van der Waals surface area contributed by atoms with Crippen LogP contribution in [0, 0.1) is 11.8 Å². The van der Waals surface area contributed by atoms with E-state index in [1.807, 2.05) is 0 Å². The molecule has 3 heteroatoms. The largest absolute Gasteiger partial charge is 0.311 e. The van der Waals surface area contributed by atoms with Gasteiger partial charge >= 0.3 is 0 Å². The summed E-state index contributed by atoms with van der Waals surface area (Å²) >= 11 is 0. The van der Waals surface area contributed by atoms with E-state index in [0.29, 0.717) is 6.04 Å². The van der Waals surface area contributed by atoms with Gasteiger partial charge in [0.25, 0.3) is 0 Å². The molecule has 0 saturated heterocycles. The summed E-state index contributed by atoms with van der Waals surface area (Å²) in [6.45, 7) is 4.51. The maximum atomic E-state index is 4.61. The molecular weight excluding hydrogens is 234 g/mol. The van der Waals surface area contributed by atoms with Crippen molar-refractivity contribution in [1.82, 2.24) is 15.1 Å². The lowest BCUT2D eigenvalue weighted by atomic mass is 9.76. The van der Waals surface area contributed by atoms with Gasteiger partial charge in [-0.3, -0.25) is 4.68 Å². The van der Waals surface area contributed by atoms with E-state index in [-0.39, 0.29) is 0 Å². The van der Waals surface area contributed by atoms with Crippen LogP contribution in [0.3, 0.4) is 0 Å². The highest BCUT2D eigenvalue weighted by Gasteiger charge is 2.29. The summed E-state index contributed by atoms with van der Waals surface area (Å²) < 4.78 is 2.08. The molecule has 0 bridgehead atoms. The Labute approximate surface area is 117 Å². The summed E-state index contributed by atoms with van der Waals surface area (Å²) in [6.07, 6.45) is 7.89. The molecule has 2 rings (SSSR count). The molecule has 1 aromatic heterocycles. The molecule has 19 heavy (non-hydrogen) atoms. The Balaban J connectivity index is 2.16. The summed E-state index contributed by atoms with van der Waals surface area (Å²) in [7, 11) is 4.18. The summed E-state index contributed by atoms with van der Waals surface area (Å²) in [6, 6.07) is 2.75. The zero-order chi connectivity index (χ0) is 13.8. The van der Waals surface area contributed by atoms with Gasteiger partial charge in [-0.05, 0) is 44.2 Å². The van der Waals surface area contributed by atoms with Crippen LogP contribution >= 0.6 is 0 Å². The average molecular weight is 263 g/mol. The van der Waals surface area contributed by atoms with Crippen LogP contribution in [0.1, 0.15) is 63.4 Å². The predicted octanol–water partition coefficient (Wildman–Crippen LogP) is 3.46. The van der Waals surface area contributed by atoms with Gasteiger partial charge in [-0.1, -0.05) is 33.1 Å². The van der Waals surface area contributed by atoms with Gasteiger partial charge < -0.3 is 5.32 Å². The molecule has 1 fully saturated rings. The lowest BCUT2D eigenvalue weighted by Crippen LogP contribution is -2.30. The number of nitrogens with one attached hydrogen (secondary N) is 1. The number of nitrogens with zero attached hydrogens (tertiary/aromatic N) is 2. The summed E-state index contributed by atoms with van der Waals surface area (Å²) in [5, 5.41) is 8.16. The van der Waals surface area contributed by atoms with E-state index < -0.39 is 0 Å². The van der Waals surface area contributed by atoms with Crippen molar-refractivity contribution in [1.29, 1.82) is 0 Å². The van der Waals surface area contributed by atoms with Crippen molar-refractivity contribution in [3.8, 4) is 0 Å². The highest BCUT2D eigenvalue weighted by atomic mass is 15.3. The van der Waals surface area contributed by atoms with E-state index >= 15 is 0 Å². The first-order valence-electron chi connectivity index (χ1n) is 7.89. The van der Waals surface area contributed by atoms with Crippen LogP contribution in [0.2, 0.25) is 0 Å².